The van der Waals surface area contributed by atoms with Gasteiger partial charge in [0, 0.05) is 24.4 Å². The number of phenols is 1. The molecule has 2 aliphatic heterocycles. The fraction of sp³-hybridized carbons (Fsp3) is 0.522. The smallest absolute Gasteiger partial charge is 0.125 e. The van der Waals surface area contributed by atoms with E-state index < -0.39 is 6.17 Å². The minimum atomic E-state index is -0.993. The van der Waals surface area contributed by atoms with E-state index in [1.165, 1.54) is 5.57 Å². The average Bonchev–Trinajstić information content (AvgIpc) is 3.47. The zero-order valence-corrected chi connectivity index (χ0v) is 17.5. The van der Waals surface area contributed by atoms with Gasteiger partial charge in [0.25, 0.3) is 0 Å². The average molecular weight is 412 g/mol. The number of phenolic OH excluding ortho intramolecular Hbond substituents is 1. The summed E-state index contributed by atoms with van der Waals surface area (Å²) in [6.45, 7) is 5.07. The van der Waals surface area contributed by atoms with Crippen molar-refractivity contribution >= 4 is 5.57 Å². The minimum Gasteiger partial charge on any atom is -0.508 e. The lowest BCUT2D eigenvalue weighted by Crippen LogP contribution is -2.45. The molecule has 0 spiro atoms. The standard InChI is InChI=1S/C23H30FN5O/c1-3-13-10-14(30)4-5-16(13)17-6-7-18-21(20(17)24)28-29-22(18)23-26-11-19(27-23)15-8-9-25-12(15)2/h4-5,8,10-12,17-18,20-22,25,28-30H,3,6-7,9H2,1-2H3,(H,26,27). The minimum absolute atomic E-state index is 0.0290. The second-order valence-corrected chi connectivity index (χ2v) is 8.79. The zero-order valence-electron chi connectivity index (χ0n) is 17.5. The van der Waals surface area contributed by atoms with E-state index in [0.717, 1.165) is 48.5 Å². The first-order chi connectivity index (χ1) is 14.6. The van der Waals surface area contributed by atoms with Crippen LogP contribution in [0.15, 0.2) is 30.5 Å². The number of aromatic hydroxyl groups is 1. The molecule has 160 valence electrons. The van der Waals surface area contributed by atoms with Crippen LogP contribution in [0.1, 0.15) is 61.3 Å². The van der Waals surface area contributed by atoms with Gasteiger partial charge in [0.15, 0.2) is 0 Å². The summed E-state index contributed by atoms with van der Waals surface area (Å²) < 4.78 is 15.7. The van der Waals surface area contributed by atoms with Crippen LogP contribution in [0.25, 0.3) is 5.57 Å². The van der Waals surface area contributed by atoms with Gasteiger partial charge in [-0.3, -0.25) is 5.43 Å². The van der Waals surface area contributed by atoms with Crippen LogP contribution in [0.4, 0.5) is 4.39 Å². The number of halogens is 1. The van der Waals surface area contributed by atoms with Gasteiger partial charge in [-0.2, -0.15) is 0 Å². The second-order valence-electron chi connectivity index (χ2n) is 8.79. The van der Waals surface area contributed by atoms with Gasteiger partial charge < -0.3 is 15.4 Å². The molecule has 2 fully saturated rings. The Balaban J connectivity index is 1.35. The number of hydrogen-bond acceptors (Lipinski definition) is 5. The van der Waals surface area contributed by atoms with Gasteiger partial charge >= 0.3 is 0 Å². The molecule has 2 aromatic rings. The lowest BCUT2D eigenvalue weighted by atomic mass is 9.71. The van der Waals surface area contributed by atoms with Gasteiger partial charge in [0.2, 0.25) is 0 Å². The fourth-order valence-corrected chi connectivity index (χ4v) is 5.53. The number of nitrogens with zero attached hydrogens (tertiary/aromatic N) is 1. The Morgan fingerprint density at radius 1 is 1.23 bits per heavy atom. The van der Waals surface area contributed by atoms with Crippen molar-refractivity contribution in [1.82, 2.24) is 26.1 Å². The van der Waals surface area contributed by atoms with Crippen molar-refractivity contribution in [3.63, 3.8) is 0 Å². The molecule has 1 saturated heterocycles. The number of nitrogens with one attached hydrogen (secondary N) is 4. The maximum absolute atomic E-state index is 15.7. The summed E-state index contributed by atoms with van der Waals surface area (Å²) in [7, 11) is 0. The predicted molar refractivity (Wildman–Crippen MR) is 115 cm³/mol. The highest BCUT2D eigenvalue weighted by atomic mass is 19.1. The number of alkyl halides is 1. The van der Waals surface area contributed by atoms with Crippen molar-refractivity contribution < 1.29 is 9.50 Å². The van der Waals surface area contributed by atoms with E-state index in [1.54, 1.807) is 12.1 Å². The van der Waals surface area contributed by atoms with Gasteiger partial charge in [-0.1, -0.05) is 19.1 Å². The molecule has 1 aliphatic carbocycles. The summed E-state index contributed by atoms with van der Waals surface area (Å²) in [5, 5.41) is 13.2. The fourth-order valence-electron chi connectivity index (χ4n) is 5.53. The third-order valence-electron chi connectivity index (χ3n) is 7.15. The summed E-state index contributed by atoms with van der Waals surface area (Å²) in [6, 6.07) is 5.37. The number of hydrazine groups is 1. The van der Waals surface area contributed by atoms with Crippen LogP contribution in [0.2, 0.25) is 0 Å². The van der Waals surface area contributed by atoms with Crippen LogP contribution in [-0.4, -0.2) is 39.9 Å². The molecule has 0 amide bonds. The quantitative estimate of drug-likeness (QED) is 0.534. The highest BCUT2D eigenvalue weighted by Gasteiger charge is 2.48. The number of aromatic amines is 1. The van der Waals surface area contributed by atoms with E-state index >= 15 is 4.39 Å². The largest absolute Gasteiger partial charge is 0.508 e. The summed E-state index contributed by atoms with van der Waals surface area (Å²) in [6.07, 6.45) is 5.58. The second kappa shape index (κ2) is 7.80. The summed E-state index contributed by atoms with van der Waals surface area (Å²) in [4.78, 5) is 8.10. The van der Waals surface area contributed by atoms with Crippen LogP contribution in [0.5, 0.6) is 5.75 Å². The Labute approximate surface area is 176 Å². The van der Waals surface area contributed by atoms with Crippen molar-refractivity contribution in [2.75, 3.05) is 6.54 Å². The monoisotopic (exact) mass is 411 g/mol. The zero-order chi connectivity index (χ0) is 20.8. The van der Waals surface area contributed by atoms with E-state index in [9.17, 15) is 5.11 Å². The molecular weight excluding hydrogens is 381 g/mol. The van der Waals surface area contributed by atoms with Crippen LogP contribution in [-0.2, 0) is 6.42 Å². The first-order valence-electron chi connectivity index (χ1n) is 11.0. The topological polar surface area (TPSA) is 85.0 Å². The molecule has 6 unspecified atom stereocenters. The third kappa shape index (κ3) is 3.25. The highest BCUT2D eigenvalue weighted by Crippen LogP contribution is 2.45. The Morgan fingerprint density at radius 2 is 2.10 bits per heavy atom. The number of aromatic nitrogens is 2. The molecule has 1 aromatic carbocycles. The number of H-pyrrole nitrogens is 1. The first kappa shape index (κ1) is 19.7. The molecule has 6 atom stereocenters. The lowest BCUT2D eigenvalue weighted by molar-refractivity contribution is 0.135. The summed E-state index contributed by atoms with van der Waals surface area (Å²) in [5.41, 5.74) is 10.9. The summed E-state index contributed by atoms with van der Waals surface area (Å²) in [5.74, 6) is 1.11. The molecular formula is C23H30FN5O. The number of aryl methyl sites for hydroxylation is 1. The van der Waals surface area contributed by atoms with Gasteiger partial charge in [0.05, 0.1) is 24.0 Å². The SMILES string of the molecule is CCc1cc(O)ccc1C1CCC2C(c3ncc(C4=CCNC4C)[nH]3)NNC2C1F. The van der Waals surface area contributed by atoms with Crippen LogP contribution in [0.3, 0.4) is 0 Å². The van der Waals surface area contributed by atoms with Crippen LogP contribution in [0, 0.1) is 5.92 Å². The number of rotatable bonds is 4. The number of benzene rings is 1. The molecule has 0 bridgehead atoms. The maximum atomic E-state index is 15.7. The van der Waals surface area contributed by atoms with Gasteiger partial charge in [-0.05, 0) is 55.0 Å². The van der Waals surface area contributed by atoms with Gasteiger partial charge in [-0.15, -0.1) is 0 Å². The molecule has 7 heteroatoms. The molecule has 3 aliphatic rings. The van der Waals surface area contributed by atoms with E-state index in [4.69, 9.17) is 0 Å². The Hall–Kier alpha value is -2.22. The Morgan fingerprint density at radius 3 is 2.87 bits per heavy atom. The van der Waals surface area contributed by atoms with Crippen molar-refractivity contribution in [2.24, 2.45) is 5.92 Å². The number of imidazole rings is 1. The van der Waals surface area contributed by atoms with Gasteiger partial charge in [0.1, 0.15) is 17.7 Å². The molecule has 5 rings (SSSR count). The van der Waals surface area contributed by atoms with E-state index in [2.05, 4.69) is 39.1 Å². The Kier molecular flexibility index (Phi) is 5.13. The van der Waals surface area contributed by atoms with E-state index in [0.29, 0.717) is 6.04 Å². The highest BCUT2D eigenvalue weighted by molar-refractivity contribution is 5.68. The van der Waals surface area contributed by atoms with Crippen molar-refractivity contribution in [2.45, 2.75) is 63.3 Å². The normalized spacial score (nSPS) is 33.5. The first-order valence-corrected chi connectivity index (χ1v) is 11.0. The van der Waals surface area contributed by atoms with Crippen molar-refractivity contribution in [3.05, 3.63) is 53.1 Å². The number of hydrogen-bond donors (Lipinski definition) is 5. The van der Waals surface area contributed by atoms with Crippen molar-refractivity contribution in [1.29, 1.82) is 0 Å². The molecule has 30 heavy (non-hydrogen) atoms. The van der Waals surface area contributed by atoms with E-state index in [1.807, 2.05) is 19.2 Å². The number of fused-ring (bicyclic) bond motifs is 1. The molecule has 1 saturated carbocycles. The van der Waals surface area contributed by atoms with Gasteiger partial charge in [-0.25, -0.2) is 14.8 Å². The van der Waals surface area contributed by atoms with E-state index in [-0.39, 0.29) is 29.7 Å². The third-order valence-corrected chi connectivity index (χ3v) is 7.15. The molecule has 1 aromatic heterocycles. The summed E-state index contributed by atoms with van der Waals surface area (Å²) >= 11 is 0. The van der Waals surface area contributed by atoms with Crippen LogP contribution >= 0.6 is 0 Å². The molecule has 3 heterocycles. The maximum Gasteiger partial charge on any atom is 0.125 e. The molecule has 5 N–H and O–H groups in total. The van der Waals surface area contributed by atoms with Crippen molar-refractivity contribution in [3.8, 4) is 5.75 Å². The molecule has 0 radical (unpaired) electrons. The predicted octanol–water partition coefficient (Wildman–Crippen LogP) is 3.10. The molecule has 6 nitrogen and oxygen atoms in total. The van der Waals surface area contributed by atoms with Crippen LogP contribution < -0.4 is 16.2 Å². The lowest BCUT2D eigenvalue weighted by Gasteiger charge is -2.36. The Bertz CT molecular complexity index is 957.